The van der Waals surface area contributed by atoms with Crippen molar-refractivity contribution in [1.82, 2.24) is 5.32 Å². The first-order chi connectivity index (χ1) is 8.55. The van der Waals surface area contributed by atoms with Gasteiger partial charge in [-0.15, -0.1) is 0 Å². The highest BCUT2D eigenvalue weighted by Crippen LogP contribution is 2.43. The van der Waals surface area contributed by atoms with Crippen molar-refractivity contribution in [2.75, 3.05) is 7.05 Å². The second-order valence-corrected chi connectivity index (χ2v) is 5.51. The maximum Gasteiger partial charge on any atom is 0.125 e. The predicted octanol–water partition coefficient (Wildman–Crippen LogP) is 3.91. The smallest absolute Gasteiger partial charge is 0.125 e. The fourth-order valence-corrected chi connectivity index (χ4v) is 2.87. The van der Waals surface area contributed by atoms with Crippen molar-refractivity contribution in [3.8, 4) is 5.75 Å². The predicted molar refractivity (Wildman–Crippen MR) is 76.3 cm³/mol. The standard InChI is InChI=1S/C16H25NO/c1-6-16(7-2)10-14(17-5)13-8-11(3)12(4)9-15(13)18-16/h8-9,14,17H,6-7,10H2,1-5H3. The summed E-state index contributed by atoms with van der Waals surface area (Å²) in [5.74, 6) is 1.08. The molecule has 0 spiro atoms. The Bertz CT molecular complexity index is 435. The third kappa shape index (κ3) is 2.14. The second kappa shape index (κ2) is 4.93. The average molecular weight is 247 g/mol. The zero-order valence-electron chi connectivity index (χ0n) is 12.3. The summed E-state index contributed by atoms with van der Waals surface area (Å²) in [4.78, 5) is 0. The van der Waals surface area contributed by atoms with Gasteiger partial charge in [-0.2, -0.15) is 0 Å². The van der Waals surface area contributed by atoms with Crippen LogP contribution in [0, 0.1) is 13.8 Å². The first-order valence-electron chi connectivity index (χ1n) is 7.02. The number of aryl methyl sites for hydroxylation is 2. The Balaban J connectivity index is 2.48. The topological polar surface area (TPSA) is 21.3 Å². The van der Waals surface area contributed by atoms with Gasteiger partial charge < -0.3 is 10.1 Å². The molecule has 18 heavy (non-hydrogen) atoms. The molecule has 2 nitrogen and oxygen atoms in total. The number of ether oxygens (including phenoxy) is 1. The molecule has 0 fully saturated rings. The van der Waals surface area contributed by atoms with Crippen LogP contribution in [-0.2, 0) is 0 Å². The molecule has 0 aromatic heterocycles. The SMILES string of the molecule is CCC1(CC)CC(NC)c2cc(C)c(C)cc2O1. The molecule has 1 aliphatic rings. The molecule has 0 saturated heterocycles. The molecule has 1 unspecified atom stereocenters. The highest BCUT2D eigenvalue weighted by molar-refractivity contribution is 5.45. The number of fused-ring (bicyclic) bond motifs is 1. The van der Waals surface area contributed by atoms with E-state index in [1.54, 1.807) is 0 Å². The molecule has 0 bridgehead atoms. The largest absolute Gasteiger partial charge is 0.487 e. The van der Waals surface area contributed by atoms with Crippen LogP contribution in [0.4, 0.5) is 0 Å². The number of hydrogen-bond acceptors (Lipinski definition) is 2. The minimum absolute atomic E-state index is 0.00236. The Morgan fingerprint density at radius 2 is 1.83 bits per heavy atom. The molecule has 0 amide bonds. The van der Waals surface area contributed by atoms with Crippen LogP contribution in [-0.4, -0.2) is 12.6 Å². The maximum absolute atomic E-state index is 6.35. The number of nitrogens with one attached hydrogen (secondary N) is 1. The molecule has 0 radical (unpaired) electrons. The van der Waals surface area contributed by atoms with Crippen LogP contribution in [0.15, 0.2) is 12.1 Å². The van der Waals surface area contributed by atoms with E-state index in [0.717, 1.165) is 25.0 Å². The van der Waals surface area contributed by atoms with Crippen molar-refractivity contribution in [2.45, 2.75) is 58.6 Å². The Kier molecular flexibility index (Phi) is 3.67. The molecule has 1 aromatic carbocycles. The third-order valence-electron chi connectivity index (χ3n) is 4.54. The van der Waals surface area contributed by atoms with E-state index in [0.29, 0.717) is 6.04 Å². The lowest BCUT2D eigenvalue weighted by Gasteiger charge is -2.41. The van der Waals surface area contributed by atoms with Gasteiger partial charge in [0.2, 0.25) is 0 Å². The van der Waals surface area contributed by atoms with Gasteiger partial charge in [0.05, 0.1) is 0 Å². The van der Waals surface area contributed by atoms with E-state index in [-0.39, 0.29) is 5.60 Å². The highest BCUT2D eigenvalue weighted by atomic mass is 16.5. The lowest BCUT2D eigenvalue weighted by atomic mass is 9.83. The monoisotopic (exact) mass is 247 g/mol. The lowest BCUT2D eigenvalue weighted by molar-refractivity contribution is 0.0238. The Morgan fingerprint density at radius 3 is 2.39 bits per heavy atom. The van der Waals surface area contributed by atoms with E-state index in [2.05, 4.69) is 45.1 Å². The number of rotatable bonds is 3. The summed E-state index contributed by atoms with van der Waals surface area (Å²) in [6.07, 6.45) is 3.19. The molecule has 0 saturated carbocycles. The zero-order valence-corrected chi connectivity index (χ0v) is 12.3. The van der Waals surface area contributed by atoms with Gasteiger partial charge in [-0.25, -0.2) is 0 Å². The normalized spacial score (nSPS) is 21.3. The van der Waals surface area contributed by atoms with Crippen LogP contribution in [0.1, 0.15) is 55.8 Å². The van der Waals surface area contributed by atoms with Gasteiger partial charge in [-0.3, -0.25) is 0 Å². The van der Waals surface area contributed by atoms with Crippen LogP contribution in [0.25, 0.3) is 0 Å². The van der Waals surface area contributed by atoms with E-state index in [1.165, 1.54) is 16.7 Å². The van der Waals surface area contributed by atoms with Crippen molar-refractivity contribution in [3.05, 3.63) is 28.8 Å². The third-order valence-corrected chi connectivity index (χ3v) is 4.54. The highest BCUT2D eigenvalue weighted by Gasteiger charge is 2.38. The zero-order chi connectivity index (χ0) is 13.3. The first-order valence-corrected chi connectivity index (χ1v) is 7.02. The van der Waals surface area contributed by atoms with Crippen molar-refractivity contribution in [2.24, 2.45) is 0 Å². The minimum Gasteiger partial charge on any atom is -0.487 e. The van der Waals surface area contributed by atoms with E-state index >= 15 is 0 Å². The molecular weight excluding hydrogens is 222 g/mol. The summed E-state index contributed by atoms with van der Waals surface area (Å²) >= 11 is 0. The first kappa shape index (κ1) is 13.4. The van der Waals surface area contributed by atoms with Crippen LogP contribution in [0.5, 0.6) is 5.75 Å². The van der Waals surface area contributed by atoms with E-state index in [4.69, 9.17) is 4.74 Å². The van der Waals surface area contributed by atoms with Crippen molar-refractivity contribution in [3.63, 3.8) is 0 Å². The maximum atomic E-state index is 6.35. The second-order valence-electron chi connectivity index (χ2n) is 5.51. The molecule has 1 aliphatic heterocycles. The minimum atomic E-state index is 0.00236. The molecule has 0 aliphatic carbocycles. The Morgan fingerprint density at radius 1 is 1.22 bits per heavy atom. The molecule has 1 aromatic rings. The van der Waals surface area contributed by atoms with Gasteiger partial charge in [-0.1, -0.05) is 19.9 Å². The molecule has 2 rings (SSSR count). The quantitative estimate of drug-likeness (QED) is 0.874. The van der Waals surface area contributed by atoms with E-state index in [1.807, 2.05) is 7.05 Å². The summed E-state index contributed by atoms with van der Waals surface area (Å²) in [6.45, 7) is 8.77. The van der Waals surface area contributed by atoms with E-state index < -0.39 is 0 Å². The molecule has 1 N–H and O–H groups in total. The Hall–Kier alpha value is -1.02. The Labute approximate surface area is 111 Å². The van der Waals surface area contributed by atoms with Crippen LogP contribution in [0.3, 0.4) is 0 Å². The van der Waals surface area contributed by atoms with Crippen molar-refractivity contribution < 1.29 is 4.74 Å². The molecular formula is C16H25NO. The van der Waals surface area contributed by atoms with Crippen molar-refractivity contribution in [1.29, 1.82) is 0 Å². The summed E-state index contributed by atoms with van der Waals surface area (Å²) in [7, 11) is 2.05. The van der Waals surface area contributed by atoms with Gasteiger partial charge >= 0.3 is 0 Å². The number of hydrogen-bond donors (Lipinski definition) is 1. The van der Waals surface area contributed by atoms with E-state index in [9.17, 15) is 0 Å². The average Bonchev–Trinajstić information content (AvgIpc) is 2.39. The summed E-state index contributed by atoms with van der Waals surface area (Å²) in [5, 5.41) is 3.45. The fourth-order valence-electron chi connectivity index (χ4n) is 2.87. The molecule has 2 heteroatoms. The van der Waals surface area contributed by atoms with Gasteiger partial charge in [0.1, 0.15) is 11.4 Å². The number of benzene rings is 1. The lowest BCUT2D eigenvalue weighted by Crippen LogP contribution is -2.42. The van der Waals surface area contributed by atoms with Gasteiger partial charge in [0, 0.05) is 18.0 Å². The van der Waals surface area contributed by atoms with Crippen LogP contribution >= 0.6 is 0 Å². The van der Waals surface area contributed by atoms with Crippen LogP contribution < -0.4 is 10.1 Å². The summed E-state index contributed by atoms with van der Waals surface area (Å²) in [6, 6.07) is 4.89. The fraction of sp³-hybridized carbons (Fsp3) is 0.625. The summed E-state index contributed by atoms with van der Waals surface area (Å²) in [5.41, 5.74) is 3.98. The van der Waals surface area contributed by atoms with Gasteiger partial charge in [0.15, 0.2) is 0 Å². The van der Waals surface area contributed by atoms with Gasteiger partial charge in [-0.05, 0) is 50.9 Å². The molecule has 1 heterocycles. The molecule has 100 valence electrons. The van der Waals surface area contributed by atoms with Gasteiger partial charge in [0.25, 0.3) is 0 Å². The van der Waals surface area contributed by atoms with Crippen LogP contribution in [0.2, 0.25) is 0 Å². The van der Waals surface area contributed by atoms with Crippen molar-refractivity contribution >= 4 is 0 Å². The molecule has 1 atom stereocenters. The summed E-state index contributed by atoms with van der Waals surface area (Å²) < 4.78 is 6.35.